The molecule has 1 aliphatic carbocycles. The lowest BCUT2D eigenvalue weighted by Crippen LogP contribution is -2.32. The number of pyridine rings is 2. The van der Waals surface area contributed by atoms with Gasteiger partial charge >= 0.3 is 0 Å². The number of hydrogen-bond donors (Lipinski definition) is 0. The molecule has 0 bridgehead atoms. The summed E-state index contributed by atoms with van der Waals surface area (Å²) in [7, 11) is 0. The number of fused-ring (bicyclic) bond motifs is 12. The fraction of sp³-hybridized carbons (Fsp3) is 0.0238. The molecule has 47 heavy (non-hydrogen) atoms. The van der Waals surface area contributed by atoms with Crippen LogP contribution in [-0.2, 0) is 5.41 Å². The van der Waals surface area contributed by atoms with Crippen LogP contribution >= 0.6 is 0 Å². The minimum absolute atomic E-state index is 0.620. The van der Waals surface area contributed by atoms with Gasteiger partial charge in [0.15, 0.2) is 5.69 Å². The van der Waals surface area contributed by atoms with Gasteiger partial charge in [-0.25, -0.2) is 4.85 Å². The smallest absolute Gasteiger partial charge is 0.188 e. The third-order valence-electron chi connectivity index (χ3n) is 9.77. The summed E-state index contributed by atoms with van der Waals surface area (Å²) < 4.78 is 9.18. The van der Waals surface area contributed by atoms with E-state index in [9.17, 15) is 0 Å². The molecule has 0 fully saturated rings. The molecule has 1 spiro atoms. The summed E-state index contributed by atoms with van der Waals surface area (Å²) in [4.78, 5) is 13.5. The van der Waals surface area contributed by atoms with Gasteiger partial charge in [-0.05, 0) is 76.7 Å². The zero-order chi connectivity index (χ0) is 31.1. The molecule has 5 nitrogen and oxygen atoms in total. The highest BCUT2D eigenvalue weighted by Crippen LogP contribution is 2.62. The Balaban J connectivity index is 1.27. The standard InChI is InChI=1S/C42H24N4O/c1-43-27-19-21-37-31(25-27)30-24-26(18-20-36(30)46(37)28-10-3-2-4-11-28)29-12-7-14-35-41(29)47-38-17-6-5-13-32(38)42(35)33-15-8-22-44-39(33)40-34(42)16-9-23-45-40/h2-25H. The second-order valence-corrected chi connectivity index (χ2v) is 12.0. The number of ether oxygens (including phenoxy) is 1. The lowest BCUT2D eigenvalue weighted by atomic mass is 9.66. The Morgan fingerprint density at radius 2 is 1.26 bits per heavy atom. The minimum atomic E-state index is -0.634. The lowest BCUT2D eigenvalue weighted by Gasteiger charge is -2.39. The van der Waals surface area contributed by atoms with E-state index in [4.69, 9.17) is 21.3 Å². The van der Waals surface area contributed by atoms with Gasteiger partial charge in [0.2, 0.25) is 0 Å². The number of para-hydroxylation sites is 3. The fourth-order valence-corrected chi connectivity index (χ4v) is 7.91. The first-order chi connectivity index (χ1) is 23.3. The molecule has 3 aromatic heterocycles. The molecule has 0 saturated carbocycles. The average molecular weight is 601 g/mol. The summed E-state index contributed by atoms with van der Waals surface area (Å²) in [6, 6.07) is 46.2. The predicted molar refractivity (Wildman–Crippen MR) is 185 cm³/mol. The van der Waals surface area contributed by atoms with Crippen molar-refractivity contribution in [3.63, 3.8) is 0 Å². The van der Waals surface area contributed by atoms with Crippen LogP contribution in [0.15, 0.2) is 146 Å². The number of rotatable bonds is 2. The number of nitrogens with zero attached hydrogens (tertiary/aromatic N) is 4. The molecule has 0 unspecified atom stereocenters. The summed E-state index contributed by atoms with van der Waals surface area (Å²) in [6.45, 7) is 7.71. The quantitative estimate of drug-likeness (QED) is 0.186. The van der Waals surface area contributed by atoms with Crippen LogP contribution in [0.4, 0.5) is 5.69 Å². The molecule has 0 N–H and O–H groups in total. The molecule has 1 aliphatic heterocycles. The highest BCUT2D eigenvalue weighted by molar-refractivity contribution is 6.11. The molecule has 0 amide bonds. The van der Waals surface area contributed by atoms with Crippen molar-refractivity contribution in [2.45, 2.75) is 5.41 Å². The van der Waals surface area contributed by atoms with Crippen LogP contribution in [0, 0.1) is 6.57 Å². The molecule has 0 radical (unpaired) electrons. The van der Waals surface area contributed by atoms with Crippen LogP contribution in [0.2, 0.25) is 0 Å². The molecule has 4 heterocycles. The van der Waals surface area contributed by atoms with Gasteiger partial charge in [-0.2, -0.15) is 0 Å². The Kier molecular flexibility index (Phi) is 5.21. The van der Waals surface area contributed by atoms with Gasteiger partial charge in [-0.15, -0.1) is 0 Å². The first-order valence-corrected chi connectivity index (χ1v) is 15.6. The second-order valence-electron chi connectivity index (χ2n) is 12.0. The van der Waals surface area contributed by atoms with Gasteiger partial charge in [-0.3, -0.25) is 9.97 Å². The van der Waals surface area contributed by atoms with E-state index in [1.807, 2.05) is 48.8 Å². The molecule has 0 atom stereocenters. The van der Waals surface area contributed by atoms with Crippen molar-refractivity contribution in [2.75, 3.05) is 0 Å². The Morgan fingerprint density at radius 3 is 2.02 bits per heavy atom. The predicted octanol–water partition coefficient (Wildman–Crippen LogP) is 10.3. The van der Waals surface area contributed by atoms with Crippen LogP contribution in [0.25, 0.3) is 54.9 Å². The highest BCUT2D eigenvalue weighted by atomic mass is 16.5. The van der Waals surface area contributed by atoms with E-state index in [-0.39, 0.29) is 0 Å². The van der Waals surface area contributed by atoms with E-state index in [0.717, 1.165) is 83.8 Å². The Hall–Kier alpha value is -6.51. The molecule has 10 rings (SSSR count). The molecular formula is C42H24N4O. The third-order valence-corrected chi connectivity index (χ3v) is 9.77. The van der Waals surface area contributed by atoms with E-state index in [1.54, 1.807) is 0 Å². The van der Waals surface area contributed by atoms with Crippen molar-refractivity contribution < 1.29 is 4.74 Å². The Labute approximate surface area is 270 Å². The monoisotopic (exact) mass is 600 g/mol. The first-order valence-electron chi connectivity index (χ1n) is 15.6. The van der Waals surface area contributed by atoms with Crippen molar-refractivity contribution in [1.82, 2.24) is 14.5 Å². The van der Waals surface area contributed by atoms with Gasteiger partial charge in [0.1, 0.15) is 11.5 Å². The topological polar surface area (TPSA) is 44.3 Å². The van der Waals surface area contributed by atoms with Crippen LogP contribution in [0.1, 0.15) is 22.3 Å². The van der Waals surface area contributed by atoms with Gasteiger partial charge < -0.3 is 9.30 Å². The Bertz CT molecular complexity index is 2580. The summed E-state index contributed by atoms with van der Waals surface area (Å²) in [6.07, 6.45) is 3.69. The summed E-state index contributed by atoms with van der Waals surface area (Å²) in [5, 5.41) is 2.13. The summed E-state index contributed by atoms with van der Waals surface area (Å²) in [5.41, 5.74) is 11.4. The first kappa shape index (κ1) is 25.8. The van der Waals surface area contributed by atoms with Crippen LogP contribution < -0.4 is 4.74 Å². The summed E-state index contributed by atoms with van der Waals surface area (Å²) >= 11 is 0. The number of aromatic nitrogens is 3. The number of benzene rings is 5. The Morgan fingerprint density at radius 1 is 0.596 bits per heavy atom. The SMILES string of the molecule is [C-]#[N+]c1ccc2c(c1)c1cc(-c3cccc4c3Oc3ccccc3C43c4cccnc4-c4ncccc43)ccc1n2-c1ccccc1. The maximum atomic E-state index is 7.71. The fourth-order valence-electron chi connectivity index (χ4n) is 7.91. The maximum Gasteiger partial charge on any atom is 0.188 e. The van der Waals surface area contributed by atoms with E-state index in [0.29, 0.717) is 5.69 Å². The van der Waals surface area contributed by atoms with Crippen LogP contribution in [0.3, 0.4) is 0 Å². The zero-order valence-electron chi connectivity index (χ0n) is 25.1. The molecule has 2 aliphatic rings. The van der Waals surface area contributed by atoms with Gasteiger partial charge in [0.25, 0.3) is 0 Å². The molecule has 8 aromatic rings. The average Bonchev–Trinajstić information content (AvgIpc) is 3.62. The number of hydrogen-bond acceptors (Lipinski definition) is 3. The lowest BCUT2D eigenvalue weighted by molar-refractivity contribution is 0.438. The van der Waals surface area contributed by atoms with Crippen molar-refractivity contribution in [2.24, 2.45) is 0 Å². The van der Waals surface area contributed by atoms with E-state index in [1.165, 1.54) is 0 Å². The molecular weight excluding hydrogens is 576 g/mol. The molecule has 218 valence electrons. The minimum Gasteiger partial charge on any atom is -0.456 e. The molecule has 5 heteroatoms. The highest BCUT2D eigenvalue weighted by Gasteiger charge is 2.52. The summed E-state index contributed by atoms with van der Waals surface area (Å²) in [5.74, 6) is 1.65. The van der Waals surface area contributed by atoms with Gasteiger partial charge in [-0.1, -0.05) is 78.9 Å². The van der Waals surface area contributed by atoms with Crippen LogP contribution in [0.5, 0.6) is 11.5 Å². The van der Waals surface area contributed by atoms with Crippen molar-refractivity contribution in [3.8, 4) is 39.7 Å². The van der Waals surface area contributed by atoms with Gasteiger partial charge in [0, 0.05) is 40.2 Å². The zero-order valence-corrected chi connectivity index (χ0v) is 25.1. The molecule has 5 aromatic carbocycles. The second kappa shape index (κ2) is 9.50. The third kappa shape index (κ3) is 3.36. The largest absolute Gasteiger partial charge is 0.456 e. The normalized spacial score (nSPS) is 13.4. The van der Waals surface area contributed by atoms with Crippen molar-refractivity contribution in [3.05, 3.63) is 180 Å². The molecule has 0 saturated heterocycles. The maximum absolute atomic E-state index is 7.71. The van der Waals surface area contributed by atoms with Crippen LogP contribution in [-0.4, -0.2) is 14.5 Å². The van der Waals surface area contributed by atoms with E-state index >= 15 is 0 Å². The van der Waals surface area contributed by atoms with E-state index < -0.39 is 5.41 Å². The van der Waals surface area contributed by atoms with Crippen molar-refractivity contribution in [1.29, 1.82) is 0 Å². The van der Waals surface area contributed by atoms with Gasteiger partial charge in [0.05, 0.1) is 34.4 Å². The van der Waals surface area contributed by atoms with Crippen molar-refractivity contribution >= 4 is 27.5 Å². The van der Waals surface area contributed by atoms with E-state index in [2.05, 4.69) is 106 Å².